The Hall–Kier alpha value is -1.08. The topological polar surface area (TPSA) is 12.0 Å². The maximum atomic E-state index is 3.93. The Balaban J connectivity index is 3.76. The molecule has 0 aromatic rings. The van der Waals surface area contributed by atoms with E-state index in [1.54, 1.807) is 0 Å². The molecule has 0 saturated heterocycles. The zero-order valence-corrected chi connectivity index (χ0v) is 13.8. The fourth-order valence-electron chi connectivity index (χ4n) is 1.91. The predicted octanol–water partition coefficient (Wildman–Crippen LogP) is 5.57. The van der Waals surface area contributed by atoms with Crippen LogP contribution in [-0.2, 0) is 0 Å². The number of allylic oxidation sites excluding steroid dienone is 5. The van der Waals surface area contributed by atoms with Gasteiger partial charge in [-0.2, -0.15) is 0 Å². The summed E-state index contributed by atoms with van der Waals surface area (Å²) in [6.45, 7) is 16.5. The van der Waals surface area contributed by atoms with Gasteiger partial charge in [-0.3, -0.25) is 0 Å². The van der Waals surface area contributed by atoms with Crippen LogP contribution in [-0.4, -0.2) is 13.1 Å². The average Bonchev–Trinajstić information content (AvgIpc) is 2.43. The van der Waals surface area contributed by atoms with Crippen molar-refractivity contribution in [2.24, 2.45) is 0 Å². The molecular formula is C19H33N. The first-order chi connectivity index (χ1) is 9.60. The molecule has 0 bridgehead atoms. The van der Waals surface area contributed by atoms with E-state index < -0.39 is 0 Å². The molecule has 0 aromatic carbocycles. The van der Waals surface area contributed by atoms with Gasteiger partial charge in [-0.05, 0) is 52.5 Å². The zero-order valence-electron chi connectivity index (χ0n) is 13.8. The Morgan fingerprint density at radius 3 is 2.35 bits per heavy atom. The molecule has 0 aliphatic carbocycles. The lowest BCUT2D eigenvalue weighted by Gasteiger charge is -2.04. The van der Waals surface area contributed by atoms with Crippen LogP contribution in [0.3, 0.4) is 0 Å². The quantitative estimate of drug-likeness (QED) is 0.279. The fraction of sp³-hybridized carbons (Fsp3) is 0.579. The molecule has 1 N–H and O–H groups in total. The molecule has 1 nitrogen and oxygen atoms in total. The van der Waals surface area contributed by atoms with E-state index in [2.05, 4.69) is 51.4 Å². The lowest BCUT2D eigenvalue weighted by atomic mass is 10.1. The predicted molar refractivity (Wildman–Crippen MR) is 93.1 cm³/mol. The Morgan fingerprint density at radius 2 is 1.70 bits per heavy atom. The minimum Gasteiger partial charge on any atom is -0.313 e. The van der Waals surface area contributed by atoms with Gasteiger partial charge in [-0.1, -0.05) is 61.4 Å². The van der Waals surface area contributed by atoms with E-state index in [1.807, 2.05) is 6.08 Å². The molecule has 1 heteroatoms. The van der Waals surface area contributed by atoms with Crippen molar-refractivity contribution in [3.8, 4) is 0 Å². The van der Waals surface area contributed by atoms with E-state index in [9.17, 15) is 0 Å². The van der Waals surface area contributed by atoms with Crippen LogP contribution < -0.4 is 5.32 Å². The van der Waals surface area contributed by atoms with Crippen molar-refractivity contribution in [3.63, 3.8) is 0 Å². The summed E-state index contributed by atoms with van der Waals surface area (Å²) in [6, 6.07) is 0. The Labute approximate surface area is 126 Å². The lowest BCUT2D eigenvalue weighted by molar-refractivity contribution is 0.669. The van der Waals surface area contributed by atoms with E-state index in [0.717, 1.165) is 44.3 Å². The minimum absolute atomic E-state index is 1.02. The van der Waals surface area contributed by atoms with Crippen LogP contribution in [0.4, 0.5) is 0 Å². The highest BCUT2D eigenvalue weighted by molar-refractivity contribution is 5.12. The van der Waals surface area contributed by atoms with Crippen molar-refractivity contribution in [2.45, 2.75) is 59.3 Å². The second-order valence-electron chi connectivity index (χ2n) is 5.57. The third kappa shape index (κ3) is 12.0. The number of nitrogens with one attached hydrogen (secondary N) is 1. The highest BCUT2D eigenvalue weighted by Crippen LogP contribution is 2.11. The molecular weight excluding hydrogens is 242 g/mol. The van der Waals surface area contributed by atoms with Crippen LogP contribution in [0, 0.1) is 0 Å². The monoisotopic (exact) mass is 275 g/mol. The molecule has 0 fully saturated rings. The summed E-state index contributed by atoms with van der Waals surface area (Å²) in [5.74, 6) is 0. The van der Waals surface area contributed by atoms with Crippen LogP contribution in [0.25, 0.3) is 0 Å². The van der Waals surface area contributed by atoms with Crippen molar-refractivity contribution >= 4 is 0 Å². The molecule has 0 heterocycles. The maximum Gasteiger partial charge on any atom is 0.0161 e. The molecule has 0 saturated carbocycles. The molecule has 0 radical (unpaired) electrons. The molecule has 0 rings (SSSR count). The van der Waals surface area contributed by atoms with Gasteiger partial charge in [0.15, 0.2) is 0 Å². The number of unbranched alkanes of at least 4 members (excludes halogenated alkanes) is 1. The molecule has 20 heavy (non-hydrogen) atoms. The molecule has 0 unspecified atom stereocenters. The van der Waals surface area contributed by atoms with Gasteiger partial charge < -0.3 is 5.32 Å². The highest BCUT2D eigenvalue weighted by Gasteiger charge is 1.93. The molecule has 0 aromatic heterocycles. The van der Waals surface area contributed by atoms with Gasteiger partial charge in [-0.25, -0.2) is 0 Å². The minimum atomic E-state index is 1.02. The molecule has 0 aliphatic rings. The van der Waals surface area contributed by atoms with Crippen molar-refractivity contribution < 1.29 is 0 Å². The maximum absolute atomic E-state index is 3.93. The van der Waals surface area contributed by atoms with Crippen molar-refractivity contribution in [3.05, 3.63) is 48.1 Å². The first-order valence-corrected chi connectivity index (χ1v) is 7.92. The largest absolute Gasteiger partial charge is 0.313 e. The summed E-state index contributed by atoms with van der Waals surface area (Å²) in [6.07, 6.45) is 13.5. The zero-order chi connectivity index (χ0) is 15.2. The summed E-state index contributed by atoms with van der Waals surface area (Å²) >= 11 is 0. The van der Waals surface area contributed by atoms with Gasteiger partial charge >= 0.3 is 0 Å². The second-order valence-corrected chi connectivity index (χ2v) is 5.57. The van der Waals surface area contributed by atoms with Gasteiger partial charge in [0.05, 0.1) is 0 Å². The van der Waals surface area contributed by atoms with E-state index >= 15 is 0 Å². The third-order valence-electron chi connectivity index (χ3n) is 3.39. The van der Waals surface area contributed by atoms with E-state index in [-0.39, 0.29) is 0 Å². The van der Waals surface area contributed by atoms with E-state index in [4.69, 9.17) is 0 Å². The van der Waals surface area contributed by atoms with E-state index in [0.29, 0.717) is 0 Å². The Bertz CT molecular complexity index is 334. The van der Waals surface area contributed by atoms with Crippen LogP contribution >= 0.6 is 0 Å². The molecule has 0 spiro atoms. The summed E-state index contributed by atoms with van der Waals surface area (Å²) in [7, 11) is 0. The standard InChI is InChI=1S/C19H33N/c1-6-8-15-20-16-19(5)14-10-13-18(4)12-9-11-17(3)7-2/h7,12,14,20H,2-3,6,8-11,13,15-16H2,1,4-5H3/b18-12+,19-14+. The van der Waals surface area contributed by atoms with Crippen molar-refractivity contribution in [1.82, 2.24) is 5.32 Å². The van der Waals surface area contributed by atoms with Gasteiger partial charge in [0.1, 0.15) is 0 Å². The second kappa shape index (κ2) is 12.9. The summed E-state index contributed by atoms with van der Waals surface area (Å²) < 4.78 is 0. The van der Waals surface area contributed by atoms with Crippen molar-refractivity contribution in [2.75, 3.05) is 13.1 Å². The molecule has 114 valence electrons. The molecule has 0 atom stereocenters. The van der Waals surface area contributed by atoms with Crippen LogP contribution in [0.1, 0.15) is 59.3 Å². The summed E-state index contributed by atoms with van der Waals surface area (Å²) in [5, 5.41) is 3.48. The molecule has 0 amide bonds. The number of hydrogen-bond donors (Lipinski definition) is 1. The molecule has 0 aliphatic heterocycles. The first-order valence-electron chi connectivity index (χ1n) is 7.92. The highest BCUT2D eigenvalue weighted by atomic mass is 14.8. The SMILES string of the molecule is C=CC(=C)CC/C=C(\C)CC/C=C(\C)CNCCCC. The van der Waals surface area contributed by atoms with Crippen LogP contribution in [0.15, 0.2) is 48.1 Å². The van der Waals surface area contributed by atoms with Crippen LogP contribution in [0.5, 0.6) is 0 Å². The summed E-state index contributed by atoms with van der Waals surface area (Å²) in [4.78, 5) is 0. The average molecular weight is 275 g/mol. The lowest BCUT2D eigenvalue weighted by Crippen LogP contribution is -2.17. The van der Waals surface area contributed by atoms with Gasteiger partial charge in [0.2, 0.25) is 0 Å². The van der Waals surface area contributed by atoms with Gasteiger partial charge in [-0.15, -0.1) is 0 Å². The number of rotatable bonds is 12. The van der Waals surface area contributed by atoms with Gasteiger partial charge in [0, 0.05) is 6.54 Å². The number of hydrogen-bond acceptors (Lipinski definition) is 1. The normalized spacial score (nSPS) is 12.6. The van der Waals surface area contributed by atoms with E-state index in [1.165, 1.54) is 24.0 Å². The van der Waals surface area contributed by atoms with Gasteiger partial charge in [0.25, 0.3) is 0 Å². The Morgan fingerprint density at radius 1 is 1.05 bits per heavy atom. The first kappa shape index (κ1) is 18.9. The third-order valence-corrected chi connectivity index (χ3v) is 3.39. The smallest absolute Gasteiger partial charge is 0.0161 e. The van der Waals surface area contributed by atoms with Crippen molar-refractivity contribution in [1.29, 1.82) is 0 Å². The fourth-order valence-corrected chi connectivity index (χ4v) is 1.91. The Kier molecular flexibility index (Phi) is 12.2. The van der Waals surface area contributed by atoms with Crippen LogP contribution in [0.2, 0.25) is 0 Å². The summed E-state index contributed by atoms with van der Waals surface area (Å²) in [5.41, 5.74) is 4.06.